The third-order valence-corrected chi connectivity index (χ3v) is 4.37. The zero-order valence-electron chi connectivity index (χ0n) is 16.0. The van der Waals surface area contributed by atoms with E-state index in [1.807, 2.05) is 37.3 Å². The van der Waals surface area contributed by atoms with Gasteiger partial charge in [-0.05, 0) is 42.3 Å². The van der Waals surface area contributed by atoms with Crippen molar-refractivity contribution in [3.05, 3.63) is 70.4 Å². The van der Waals surface area contributed by atoms with E-state index in [9.17, 15) is 10.1 Å². The van der Waals surface area contributed by atoms with Gasteiger partial charge in [-0.15, -0.1) is 0 Å². The van der Waals surface area contributed by atoms with E-state index in [1.54, 1.807) is 32.4 Å². The van der Waals surface area contributed by atoms with Gasteiger partial charge in [0.1, 0.15) is 11.6 Å². The number of rotatable bonds is 8. The maximum absolute atomic E-state index is 12.2. The Bertz CT molecular complexity index is 889. The third-order valence-electron chi connectivity index (χ3n) is 4.12. The molecule has 28 heavy (non-hydrogen) atoms. The molecule has 0 aliphatic carbocycles. The Morgan fingerprint density at radius 3 is 2.46 bits per heavy atom. The van der Waals surface area contributed by atoms with Crippen molar-refractivity contribution in [3.63, 3.8) is 0 Å². The molecule has 0 aromatic heterocycles. The van der Waals surface area contributed by atoms with Gasteiger partial charge in [-0.3, -0.25) is 4.79 Å². The van der Waals surface area contributed by atoms with E-state index in [2.05, 4.69) is 10.6 Å². The van der Waals surface area contributed by atoms with Crippen LogP contribution in [0.1, 0.15) is 24.1 Å². The van der Waals surface area contributed by atoms with Gasteiger partial charge in [-0.25, -0.2) is 0 Å². The van der Waals surface area contributed by atoms with Gasteiger partial charge in [0.25, 0.3) is 5.91 Å². The number of halogens is 1. The van der Waals surface area contributed by atoms with Crippen LogP contribution in [0.25, 0.3) is 0 Å². The predicted molar refractivity (Wildman–Crippen MR) is 108 cm³/mol. The van der Waals surface area contributed by atoms with E-state index in [0.717, 1.165) is 11.1 Å². The molecule has 0 bridgehead atoms. The summed E-state index contributed by atoms with van der Waals surface area (Å²) >= 11 is 5.84. The second-order valence-corrected chi connectivity index (χ2v) is 6.42. The van der Waals surface area contributed by atoms with Crippen molar-refractivity contribution in [2.75, 3.05) is 14.2 Å². The summed E-state index contributed by atoms with van der Waals surface area (Å²) in [4.78, 5) is 12.2. The molecule has 0 spiro atoms. The first-order valence-corrected chi connectivity index (χ1v) is 8.97. The van der Waals surface area contributed by atoms with Gasteiger partial charge in [0.15, 0.2) is 11.5 Å². The van der Waals surface area contributed by atoms with Crippen LogP contribution in [0.2, 0.25) is 5.02 Å². The van der Waals surface area contributed by atoms with Crippen molar-refractivity contribution in [3.8, 4) is 17.6 Å². The van der Waals surface area contributed by atoms with Gasteiger partial charge < -0.3 is 20.1 Å². The van der Waals surface area contributed by atoms with Crippen LogP contribution in [0.4, 0.5) is 0 Å². The van der Waals surface area contributed by atoms with Gasteiger partial charge in [-0.2, -0.15) is 5.26 Å². The predicted octanol–water partition coefficient (Wildman–Crippen LogP) is 3.73. The summed E-state index contributed by atoms with van der Waals surface area (Å²) in [5, 5.41) is 15.7. The molecule has 0 saturated heterocycles. The molecule has 0 aliphatic rings. The second kappa shape index (κ2) is 10.2. The summed E-state index contributed by atoms with van der Waals surface area (Å²) in [6, 6.07) is 14.4. The monoisotopic (exact) mass is 399 g/mol. The quantitative estimate of drug-likeness (QED) is 0.522. The number of carbonyl (C=O) groups is 1. The van der Waals surface area contributed by atoms with E-state index in [1.165, 1.54) is 6.20 Å². The maximum atomic E-state index is 12.2. The summed E-state index contributed by atoms with van der Waals surface area (Å²) in [5.41, 5.74) is 1.80. The number of carbonyl (C=O) groups excluding carboxylic acids is 1. The molecule has 0 radical (unpaired) electrons. The van der Waals surface area contributed by atoms with Crippen molar-refractivity contribution in [1.82, 2.24) is 10.6 Å². The first-order chi connectivity index (χ1) is 13.5. The van der Waals surface area contributed by atoms with Crippen molar-refractivity contribution in [1.29, 1.82) is 5.26 Å². The van der Waals surface area contributed by atoms with Crippen LogP contribution < -0.4 is 20.1 Å². The van der Waals surface area contributed by atoms with Crippen LogP contribution in [-0.2, 0) is 11.3 Å². The molecule has 1 amide bonds. The number of nitriles is 1. The highest BCUT2D eigenvalue weighted by Crippen LogP contribution is 2.29. The smallest absolute Gasteiger partial charge is 0.263 e. The van der Waals surface area contributed by atoms with Gasteiger partial charge in [0, 0.05) is 23.8 Å². The number of ether oxygens (including phenoxy) is 2. The van der Waals surface area contributed by atoms with Gasteiger partial charge in [-0.1, -0.05) is 29.8 Å². The first kappa shape index (κ1) is 21.1. The van der Waals surface area contributed by atoms with Crippen molar-refractivity contribution < 1.29 is 14.3 Å². The van der Waals surface area contributed by atoms with E-state index in [4.69, 9.17) is 21.1 Å². The molecule has 6 nitrogen and oxygen atoms in total. The molecule has 7 heteroatoms. The number of hydrogen-bond acceptors (Lipinski definition) is 5. The third kappa shape index (κ3) is 5.66. The van der Waals surface area contributed by atoms with Crippen LogP contribution in [0.3, 0.4) is 0 Å². The zero-order valence-corrected chi connectivity index (χ0v) is 16.7. The lowest BCUT2D eigenvalue weighted by Crippen LogP contribution is -2.25. The van der Waals surface area contributed by atoms with Crippen LogP contribution in [0.15, 0.2) is 54.2 Å². The van der Waals surface area contributed by atoms with Crippen molar-refractivity contribution in [2.45, 2.75) is 19.5 Å². The molecule has 146 valence electrons. The molecule has 0 heterocycles. The second-order valence-electron chi connectivity index (χ2n) is 5.98. The summed E-state index contributed by atoms with van der Waals surface area (Å²) in [6.45, 7) is 2.22. The normalized spacial score (nSPS) is 11.9. The molecule has 1 unspecified atom stereocenters. The average molecular weight is 400 g/mol. The minimum Gasteiger partial charge on any atom is -0.493 e. The topological polar surface area (TPSA) is 83.4 Å². The summed E-state index contributed by atoms with van der Waals surface area (Å²) < 4.78 is 10.5. The lowest BCUT2D eigenvalue weighted by molar-refractivity contribution is -0.117. The van der Waals surface area contributed by atoms with Crippen LogP contribution >= 0.6 is 11.6 Å². The first-order valence-electron chi connectivity index (χ1n) is 8.59. The van der Waals surface area contributed by atoms with Crippen LogP contribution in [0, 0.1) is 11.3 Å². The van der Waals surface area contributed by atoms with Crippen LogP contribution in [0.5, 0.6) is 11.5 Å². The number of nitrogens with zero attached hydrogens (tertiary/aromatic N) is 1. The summed E-state index contributed by atoms with van der Waals surface area (Å²) in [6.07, 6.45) is 1.42. The minimum atomic E-state index is -0.454. The number of amides is 1. The molecule has 1 atom stereocenters. The van der Waals surface area contributed by atoms with E-state index in [0.29, 0.717) is 23.1 Å². The molecular formula is C21H22ClN3O3. The Kier molecular flexibility index (Phi) is 7.73. The zero-order chi connectivity index (χ0) is 20.5. The average Bonchev–Trinajstić information content (AvgIpc) is 2.72. The molecule has 0 fully saturated rings. The van der Waals surface area contributed by atoms with Crippen molar-refractivity contribution >= 4 is 17.5 Å². The molecule has 2 aromatic carbocycles. The highest BCUT2D eigenvalue weighted by atomic mass is 35.5. The number of hydrogen-bond donors (Lipinski definition) is 2. The SMILES string of the molecule is COc1ccc(C(C)N/C=C(/C#N)C(=O)NCc2ccc(Cl)cc2)cc1OC. The largest absolute Gasteiger partial charge is 0.493 e. The standard InChI is InChI=1S/C21H22ClN3O3/c1-14(16-6-9-19(27-2)20(10-16)28-3)24-13-17(11-23)21(26)25-12-15-4-7-18(22)8-5-15/h4-10,13-14,24H,12H2,1-3H3,(H,25,26)/b17-13-. The molecule has 2 aromatic rings. The fourth-order valence-corrected chi connectivity index (χ4v) is 2.58. The lowest BCUT2D eigenvalue weighted by Gasteiger charge is -2.15. The van der Waals surface area contributed by atoms with Crippen LogP contribution in [-0.4, -0.2) is 20.1 Å². The fourth-order valence-electron chi connectivity index (χ4n) is 2.46. The van der Waals surface area contributed by atoms with E-state index in [-0.39, 0.29) is 11.6 Å². The van der Waals surface area contributed by atoms with Gasteiger partial charge in [0.2, 0.25) is 0 Å². The van der Waals surface area contributed by atoms with Gasteiger partial charge >= 0.3 is 0 Å². The molecule has 0 aliphatic heterocycles. The minimum absolute atomic E-state index is 0.0127. The lowest BCUT2D eigenvalue weighted by atomic mass is 10.1. The molecule has 2 N–H and O–H groups in total. The fraction of sp³-hybridized carbons (Fsp3) is 0.238. The Balaban J connectivity index is 2.00. The Morgan fingerprint density at radius 2 is 1.86 bits per heavy atom. The van der Waals surface area contributed by atoms with E-state index >= 15 is 0 Å². The Morgan fingerprint density at radius 1 is 1.18 bits per heavy atom. The number of methoxy groups -OCH3 is 2. The molecule has 2 rings (SSSR count). The van der Waals surface area contributed by atoms with Gasteiger partial charge in [0.05, 0.1) is 14.2 Å². The Labute approximate surface area is 169 Å². The highest BCUT2D eigenvalue weighted by molar-refractivity contribution is 6.30. The van der Waals surface area contributed by atoms with E-state index < -0.39 is 5.91 Å². The molecule has 0 saturated carbocycles. The van der Waals surface area contributed by atoms with Crippen molar-refractivity contribution in [2.24, 2.45) is 0 Å². The number of benzene rings is 2. The summed E-state index contributed by atoms with van der Waals surface area (Å²) in [7, 11) is 3.14. The highest BCUT2D eigenvalue weighted by Gasteiger charge is 2.12. The maximum Gasteiger partial charge on any atom is 0.263 e. The Hall–Kier alpha value is -3.17. The molecular weight excluding hydrogens is 378 g/mol. The number of nitrogens with one attached hydrogen (secondary N) is 2. The summed E-state index contributed by atoms with van der Waals surface area (Å²) in [5.74, 6) is 0.789.